The molecule has 2 N–H and O–H groups in total. The molecule has 21 heavy (non-hydrogen) atoms. The van der Waals surface area contributed by atoms with E-state index in [1.165, 1.54) is 16.7 Å². The molecule has 0 saturated carbocycles. The molecule has 0 saturated heterocycles. The fourth-order valence-corrected chi connectivity index (χ4v) is 2.41. The van der Waals surface area contributed by atoms with Gasteiger partial charge in [-0.25, -0.2) is 0 Å². The summed E-state index contributed by atoms with van der Waals surface area (Å²) in [5.41, 5.74) is 4.44. The molecule has 0 radical (unpaired) electrons. The number of carbonyl (C=O) groups is 1. The molecule has 4 nitrogen and oxygen atoms in total. The van der Waals surface area contributed by atoms with E-state index in [9.17, 15) is 4.79 Å². The van der Waals surface area contributed by atoms with Crippen molar-refractivity contribution < 1.29 is 4.79 Å². The summed E-state index contributed by atoms with van der Waals surface area (Å²) in [6, 6.07) is 9.85. The first-order valence-electron chi connectivity index (χ1n) is 6.82. The van der Waals surface area contributed by atoms with Gasteiger partial charge in [0.25, 0.3) is 5.91 Å². The summed E-state index contributed by atoms with van der Waals surface area (Å²) >= 11 is 0. The Hall–Kier alpha value is -1.91. The van der Waals surface area contributed by atoms with E-state index in [1.54, 1.807) is 12.4 Å². The van der Waals surface area contributed by atoms with Gasteiger partial charge in [0.1, 0.15) is 0 Å². The lowest BCUT2D eigenvalue weighted by molar-refractivity contribution is 0.0954. The zero-order valence-corrected chi connectivity index (χ0v) is 12.5. The largest absolute Gasteiger partial charge is 0.352 e. The molecule has 0 atom stereocenters. The predicted molar refractivity (Wildman–Crippen MR) is 84.5 cm³/mol. The minimum absolute atomic E-state index is 0. The van der Waals surface area contributed by atoms with Crippen LogP contribution in [0.4, 0.5) is 0 Å². The maximum atomic E-state index is 12.1. The molecule has 0 fully saturated rings. The third-order valence-electron chi connectivity index (χ3n) is 3.55. The van der Waals surface area contributed by atoms with E-state index in [1.807, 2.05) is 30.3 Å². The highest BCUT2D eigenvalue weighted by Gasteiger charge is 2.13. The van der Waals surface area contributed by atoms with Gasteiger partial charge in [-0.2, -0.15) is 0 Å². The van der Waals surface area contributed by atoms with Gasteiger partial charge < -0.3 is 10.6 Å². The predicted octanol–water partition coefficient (Wildman–Crippen LogP) is 2.08. The minimum Gasteiger partial charge on any atom is -0.352 e. The van der Waals surface area contributed by atoms with Gasteiger partial charge in [0.2, 0.25) is 0 Å². The summed E-state index contributed by atoms with van der Waals surface area (Å²) in [5, 5.41) is 6.24. The van der Waals surface area contributed by atoms with Gasteiger partial charge in [-0.05, 0) is 47.4 Å². The van der Waals surface area contributed by atoms with Crippen molar-refractivity contribution in [2.75, 3.05) is 6.54 Å². The van der Waals surface area contributed by atoms with Crippen molar-refractivity contribution >= 4 is 18.3 Å². The molecule has 0 aliphatic carbocycles. The molecule has 0 unspecified atom stereocenters. The third-order valence-corrected chi connectivity index (χ3v) is 3.55. The summed E-state index contributed by atoms with van der Waals surface area (Å²) in [6.45, 7) is 2.39. The number of benzene rings is 1. The van der Waals surface area contributed by atoms with Crippen LogP contribution in [0.3, 0.4) is 0 Å². The van der Waals surface area contributed by atoms with Gasteiger partial charge in [-0.1, -0.05) is 6.07 Å². The number of nitrogens with zero attached hydrogens (tertiary/aromatic N) is 1. The zero-order chi connectivity index (χ0) is 13.8. The van der Waals surface area contributed by atoms with Gasteiger partial charge in [0.15, 0.2) is 0 Å². The minimum atomic E-state index is -0.00578. The number of halogens is 1. The Kier molecular flexibility index (Phi) is 5.31. The van der Waals surface area contributed by atoms with E-state index in [2.05, 4.69) is 15.6 Å². The Bertz CT molecular complexity index is 616. The smallest absolute Gasteiger partial charge is 0.251 e. The van der Waals surface area contributed by atoms with Crippen molar-refractivity contribution in [2.24, 2.45) is 0 Å². The first-order valence-corrected chi connectivity index (χ1v) is 6.82. The van der Waals surface area contributed by atoms with Gasteiger partial charge in [0.05, 0.1) is 0 Å². The average molecular weight is 304 g/mol. The number of rotatable bonds is 4. The van der Waals surface area contributed by atoms with E-state index in [0.29, 0.717) is 6.54 Å². The van der Waals surface area contributed by atoms with E-state index in [4.69, 9.17) is 0 Å². The second-order valence-corrected chi connectivity index (χ2v) is 4.95. The van der Waals surface area contributed by atoms with Crippen molar-refractivity contribution in [3.8, 4) is 0 Å². The Morgan fingerprint density at radius 3 is 2.71 bits per heavy atom. The van der Waals surface area contributed by atoms with Crippen LogP contribution in [-0.4, -0.2) is 17.4 Å². The molecule has 3 rings (SSSR count). The van der Waals surface area contributed by atoms with Crippen LogP contribution in [0.2, 0.25) is 0 Å². The Morgan fingerprint density at radius 1 is 1.14 bits per heavy atom. The van der Waals surface area contributed by atoms with Crippen molar-refractivity contribution in [1.82, 2.24) is 15.6 Å². The highest BCUT2D eigenvalue weighted by molar-refractivity contribution is 5.94. The number of fused-ring (bicyclic) bond motifs is 1. The van der Waals surface area contributed by atoms with Crippen LogP contribution in [-0.2, 0) is 19.5 Å². The van der Waals surface area contributed by atoms with Crippen LogP contribution in [0.1, 0.15) is 27.0 Å². The molecule has 0 spiro atoms. The summed E-state index contributed by atoms with van der Waals surface area (Å²) in [4.78, 5) is 16.1. The number of aromatic nitrogens is 1. The van der Waals surface area contributed by atoms with Crippen LogP contribution >= 0.6 is 12.4 Å². The molecule has 110 valence electrons. The zero-order valence-electron chi connectivity index (χ0n) is 11.6. The molecule has 2 heterocycles. The van der Waals surface area contributed by atoms with Crippen LogP contribution in [0.5, 0.6) is 0 Å². The number of carbonyl (C=O) groups excluding carboxylic acids is 1. The van der Waals surface area contributed by atoms with Crippen molar-refractivity contribution in [3.63, 3.8) is 0 Å². The third kappa shape index (κ3) is 3.80. The maximum Gasteiger partial charge on any atom is 0.251 e. The lowest BCUT2D eigenvalue weighted by Crippen LogP contribution is -2.25. The summed E-state index contributed by atoms with van der Waals surface area (Å²) in [5.74, 6) is -0.00578. The highest BCUT2D eigenvalue weighted by Crippen LogP contribution is 2.16. The number of pyridine rings is 1. The Morgan fingerprint density at radius 2 is 1.90 bits per heavy atom. The molecule has 1 amide bonds. The number of hydrogen-bond donors (Lipinski definition) is 2. The Labute approximate surface area is 130 Å². The molecule has 1 aliphatic rings. The molecule has 2 aromatic rings. The fraction of sp³-hybridized carbons (Fsp3) is 0.250. The Balaban J connectivity index is 0.00000161. The standard InChI is InChI=1S/C16H17N3O.ClH/c20-16(19-8-5-12-3-6-17-7-4-12)13-1-2-14-10-18-11-15(14)9-13;/h1-4,6-7,9,18H,5,8,10-11H2,(H,19,20);1H. The fourth-order valence-electron chi connectivity index (χ4n) is 2.41. The molecular weight excluding hydrogens is 286 g/mol. The normalized spacial score (nSPS) is 12.4. The lowest BCUT2D eigenvalue weighted by Gasteiger charge is -2.07. The van der Waals surface area contributed by atoms with Crippen molar-refractivity contribution in [2.45, 2.75) is 19.5 Å². The maximum absolute atomic E-state index is 12.1. The van der Waals surface area contributed by atoms with Gasteiger partial charge in [-0.15, -0.1) is 12.4 Å². The lowest BCUT2D eigenvalue weighted by atomic mass is 10.1. The van der Waals surface area contributed by atoms with Crippen LogP contribution in [0.25, 0.3) is 0 Å². The summed E-state index contributed by atoms with van der Waals surface area (Å²) in [7, 11) is 0. The van der Waals surface area contributed by atoms with Gasteiger partial charge in [-0.3, -0.25) is 9.78 Å². The number of nitrogens with one attached hydrogen (secondary N) is 2. The summed E-state index contributed by atoms with van der Waals surface area (Å²) in [6.07, 6.45) is 4.36. The molecule has 1 aromatic carbocycles. The van der Waals surface area contributed by atoms with Gasteiger partial charge >= 0.3 is 0 Å². The SMILES string of the molecule is Cl.O=C(NCCc1ccncc1)c1ccc2c(c1)CNC2. The molecule has 1 aromatic heterocycles. The van der Waals surface area contributed by atoms with Crippen LogP contribution in [0, 0.1) is 0 Å². The van der Waals surface area contributed by atoms with E-state index in [0.717, 1.165) is 25.1 Å². The summed E-state index contributed by atoms with van der Waals surface area (Å²) < 4.78 is 0. The van der Waals surface area contributed by atoms with E-state index < -0.39 is 0 Å². The second kappa shape index (κ2) is 7.20. The number of hydrogen-bond acceptors (Lipinski definition) is 3. The topological polar surface area (TPSA) is 54.0 Å². The quantitative estimate of drug-likeness (QED) is 0.909. The van der Waals surface area contributed by atoms with Crippen LogP contribution < -0.4 is 10.6 Å². The highest BCUT2D eigenvalue weighted by atomic mass is 35.5. The first-order chi connectivity index (χ1) is 9.83. The van der Waals surface area contributed by atoms with Crippen LogP contribution in [0.15, 0.2) is 42.7 Å². The van der Waals surface area contributed by atoms with Crippen molar-refractivity contribution in [1.29, 1.82) is 0 Å². The first kappa shape index (κ1) is 15.5. The van der Waals surface area contributed by atoms with Crippen molar-refractivity contribution in [3.05, 3.63) is 65.0 Å². The number of amides is 1. The monoisotopic (exact) mass is 303 g/mol. The molecule has 1 aliphatic heterocycles. The molecule has 5 heteroatoms. The van der Waals surface area contributed by atoms with Gasteiger partial charge in [0, 0.05) is 37.6 Å². The average Bonchev–Trinajstić information content (AvgIpc) is 2.95. The van der Waals surface area contributed by atoms with E-state index >= 15 is 0 Å². The second-order valence-electron chi connectivity index (χ2n) is 4.95. The molecule has 0 bridgehead atoms. The molecular formula is C16H18ClN3O. The van der Waals surface area contributed by atoms with E-state index in [-0.39, 0.29) is 18.3 Å².